The van der Waals surface area contributed by atoms with Gasteiger partial charge in [-0.05, 0) is 50.3 Å². The number of fused-ring (bicyclic) bond motifs is 3. The van der Waals surface area contributed by atoms with Gasteiger partial charge in [0, 0.05) is 41.9 Å². The molecule has 1 unspecified atom stereocenters. The molecule has 2 aliphatic rings. The Hall–Kier alpha value is -2.82. The predicted molar refractivity (Wildman–Crippen MR) is 105 cm³/mol. The summed E-state index contributed by atoms with van der Waals surface area (Å²) in [4.78, 5) is 17.0. The maximum Gasteiger partial charge on any atom is 0.392 e. The van der Waals surface area contributed by atoms with E-state index in [0.29, 0.717) is 23.2 Å². The number of anilines is 1. The van der Waals surface area contributed by atoms with Crippen LogP contribution in [0.25, 0.3) is 10.9 Å². The van der Waals surface area contributed by atoms with E-state index in [-0.39, 0.29) is 18.9 Å². The summed E-state index contributed by atoms with van der Waals surface area (Å²) < 4.78 is 39.7. The summed E-state index contributed by atoms with van der Waals surface area (Å²) in [6, 6.07) is 6.67. The highest BCUT2D eigenvalue weighted by Crippen LogP contribution is 2.42. The third-order valence-electron chi connectivity index (χ3n) is 5.89. The number of nitrogens with two attached hydrogens (primary N) is 1. The van der Waals surface area contributed by atoms with Crippen molar-refractivity contribution in [2.45, 2.75) is 44.8 Å². The first kappa shape index (κ1) is 19.5. The molecule has 0 radical (unpaired) electrons. The molecule has 2 heterocycles. The number of H-pyrrole nitrogens is 1. The second-order valence-corrected chi connectivity index (χ2v) is 7.78. The topological polar surface area (TPSA) is 74.2 Å². The van der Waals surface area contributed by atoms with E-state index in [1.165, 1.54) is 0 Å². The molecular formula is C21H23F3N4O. The molecule has 1 fully saturated rings. The molecule has 1 amide bonds. The normalized spacial score (nSPS) is 21.6. The molecule has 1 aliphatic carbocycles. The van der Waals surface area contributed by atoms with Gasteiger partial charge in [-0.1, -0.05) is 5.92 Å². The highest BCUT2D eigenvalue weighted by atomic mass is 19.4. The number of alkyl halides is 3. The number of primary amides is 1. The maximum absolute atomic E-state index is 13.2. The van der Waals surface area contributed by atoms with Crippen molar-refractivity contribution in [2.24, 2.45) is 11.7 Å². The van der Waals surface area contributed by atoms with Gasteiger partial charge in [0.15, 0.2) is 0 Å². The van der Waals surface area contributed by atoms with E-state index in [1.807, 2.05) is 4.90 Å². The smallest absolute Gasteiger partial charge is 0.380 e. The summed E-state index contributed by atoms with van der Waals surface area (Å²) in [6.45, 7) is 3.43. The van der Waals surface area contributed by atoms with Crippen LogP contribution in [-0.4, -0.2) is 41.1 Å². The van der Waals surface area contributed by atoms with Crippen LogP contribution in [0.1, 0.15) is 41.4 Å². The second kappa shape index (κ2) is 7.21. The molecule has 1 aromatic heterocycles. The quantitative estimate of drug-likeness (QED) is 0.687. The number of carbonyl (C=O) groups excluding carboxylic acids is 1. The molecule has 2 atom stereocenters. The van der Waals surface area contributed by atoms with Gasteiger partial charge in [0.2, 0.25) is 0 Å². The van der Waals surface area contributed by atoms with E-state index in [4.69, 9.17) is 5.73 Å². The monoisotopic (exact) mass is 404 g/mol. The largest absolute Gasteiger partial charge is 0.392 e. The predicted octanol–water partition coefficient (Wildman–Crippen LogP) is 3.40. The summed E-state index contributed by atoms with van der Waals surface area (Å²) in [5.41, 5.74) is 8.57. The van der Waals surface area contributed by atoms with Crippen LogP contribution in [0, 0.1) is 17.9 Å². The molecular weight excluding hydrogens is 381 g/mol. The van der Waals surface area contributed by atoms with Gasteiger partial charge in [0.05, 0.1) is 17.0 Å². The summed E-state index contributed by atoms with van der Waals surface area (Å²) in [5.74, 6) is 0.929. The zero-order valence-electron chi connectivity index (χ0n) is 16.1. The van der Waals surface area contributed by atoms with Gasteiger partial charge in [0.1, 0.15) is 0 Å². The van der Waals surface area contributed by atoms with Crippen LogP contribution in [0.4, 0.5) is 18.9 Å². The van der Waals surface area contributed by atoms with Gasteiger partial charge >= 0.3 is 6.18 Å². The van der Waals surface area contributed by atoms with Crippen LogP contribution in [0.3, 0.4) is 0 Å². The van der Waals surface area contributed by atoms with Gasteiger partial charge in [-0.3, -0.25) is 4.79 Å². The minimum atomic E-state index is -4.23. The molecule has 1 aliphatic heterocycles. The number of aromatic amines is 1. The van der Waals surface area contributed by atoms with E-state index >= 15 is 0 Å². The molecule has 2 aromatic rings. The van der Waals surface area contributed by atoms with Gasteiger partial charge in [0.25, 0.3) is 5.91 Å². The fourth-order valence-electron chi connectivity index (χ4n) is 4.50. The van der Waals surface area contributed by atoms with Crippen LogP contribution < -0.4 is 11.1 Å². The van der Waals surface area contributed by atoms with Crippen molar-refractivity contribution in [3.05, 3.63) is 29.0 Å². The lowest BCUT2D eigenvalue weighted by Gasteiger charge is -2.25. The molecule has 0 bridgehead atoms. The molecule has 4 rings (SSSR count). The van der Waals surface area contributed by atoms with Crippen LogP contribution in [-0.2, 0) is 12.8 Å². The Morgan fingerprint density at radius 1 is 1.34 bits per heavy atom. The SMILES string of the molecule is CC#CN1CC[C@H](Nc2ccc(C(N)=O)c3[nH]c4c(c23)CCC(C(F)(F)F)C4)C1. The van der Waals surface area contributed by atoms with Crippen LogP contribution in [0.2, 0.25) is 0 Å². The molecule has 1 aromatic carbocycles. The molecule has 8 heteroatoms. The zero-order valence-corrected chi connectivity index (χ0v) is 16.1. The van der Waals surface area contributed by atoms with E-state index in [0.717, 1.165) is 36.1 Å². The maximum atomic E-state index is 13.2. The third kappa shape index (κ3) is 3.61. The molecule has 29 heavy (non-hydrogen) atoms. The number of hydrogen-bond acceptors (Lipinski definition) is 3. The number of amides is 1. The van der Waals surface area contributed by atoms with Crippen molar-refractivity contribution < 1.29 is 18.0 Å². The number of aryl methyl sites for hydroxylation is 1. The molecule has 0 spiro atoms. The lowest BCUT2D eigenvalue weighted by molar-refractivity contribution is -0.177. The Morgan fingerprint density at radius 2 is 2.14 bits per heavy atom. The van der Waals surface area contributed by atoms with E-state index < -0.39 is 18.0 Å². The average Bonchev–Trinajstić information content (AvgIpc) is 3.25. The number of halogens is 3. The van der Waals surface area contributed by atoms with Gasteiger partial charge < -0.3 is 20.9 Å². The fourth-order valence-corrected chi connectivity index (χ4v) is 4.50. The number of benzene rings is 1. The van der Waals surface area contributed by atoms with E-state index in [9.17, 15) is 18.0 Å². The standard InChI is InChI=1S/C21H23F3N4O/c1-2-8-28-9-7-13(11-28)26-16-6-5-15(20(25)29)19-18(16)14-4-3-12(21(22,23)24)10-17(14)27-19/h5-6,12-13,26-27H,3-4,7,9-11H2,1H3,(H2,25,29)/t12?,13-/m0/s1. The van der Waals surface area contributed by atoms with E-state index in [2.05, 4.69) is 22.3 Å². The molecule has 4 N–H and O–H groups in total. The van der Waals surface area contributed by atoms with Crippen LogP contribution >= 0.6 is 0 Å². The minimum Gasteiger partial charge on any atom is -0.380 e. The number of likely N-dealkylation sites (tertiary alicyclic amines) is 1. The molecule has 1 saturated heterocycles. The second-order valence-electron chi connectivity index (χ2n) is 7.78. The lowest BCUT2D eigenvalue weighted by atomic mass is 9.86. The first-order chi connectivity index (χ1) is 13.8. The van der Waals surface area contributed by atoms with Crippen molar-refractivity contribution in [1.82, 2.24) is 9.88 Å². The highest BCUT2D eigenvalue weighted by Gasteiger charge is 2.42. The number of rotatable bonds is 3. The molecule has 5 nitrogen and oxygen atoms in total. The van der Waals surface area contributed by atoms with Crippen LogP contribution in [0.15, 0.2) is 12.1 Å². The van der Waals surface area contributed by atoms with Gasteiger partial charge in [-0.25, -0.2) is 0 Å². The Bertz CT molecular complexity index is 1010. The Balaban J connectivity index is 1.73. The Morgan fingerprint density at radius 3 is 2.83 bits per heavy atom. The first-order valence-electron chi connectivity index (χ1n) is 9.74. The minimum absolute atomic E-state index is 0.0486. The van der Waals surface area contributed by atoms with Crippen molar-refractivity contribution in [3.8, 4) is 12.0 Å². The van der Waals surface area contributed by atoms with E-state index in [1.54, 1.807) is 19.1 Å². The Labute approximate surface area is 166 Å². The Kier molecular flexibility index (Phi) is 4.85. The third-order valence-corrected chi connectivity index (χ3v) is 5.89. The van der Waals surface area contributed by atoms with Gasteiger partial charge in [-0.2, -0.15) is 13.2 Å². The van der Waals surface area contributed by atoms with Crippen molar-refractivity contribution in [2.75, 3.05) is 18.4 Å². The molecule has 0 saturated carbocycles. The number of nitrogens with one attached hydrogen (secondary N) is 2. The van der Waals surface area contributed by atoms with Crippen molar-refractivity contribution in [1.29, 1.82) is 0 Å². The highest BCUT2D eigenvalue weighted by molar-refractivity contribution is 6.10. The number of nitrogens with zero attached hydrogens (tertiary/aromatic N) is 1. The number of hydrogen-bond donors (Lipinski definition) is 3. The summed E-state index contributed by atoms with van der Waals surface area (Å²) in [5, 5.41) is 4.30. The van der Waals surface area contributed by atoms with Gasteiger partial charge in [-0.15, -0.1) is 0 Å². The lowest BCUT2D eigenvalue weighted by Crippen LogP contribution is -2.28. The zero-order chi connectivity index (χ0) is 20.8. The molecule has 154 valence electrons. The number of carbonyl (C=O) groups is 1. The summed E-state index contributed by atoms with van der Waals surface area (Å²) in [7, 11) is 0. The van der Waals surface area contributed by atoms with Crippen molar-refractivity contribution >= 4 is 22.5 Å². The first-order valence-corrected chi connectivity index (χ1v) is 9.74. The van der Waals surface area contributed by atoms with Crippen LogP contribution in [0.5, 0.6) is 0 Å². The number of aromatic nitrogens is 1. The fraction of sp³-hybridized carbons (Fsp3) is 0.476. The summed E-state index contributed by atoms with van der Waals surface area (Å²) >= 11 is 0. The van der Waals surface area contributed by atoms with Crippen molar-refractivity contribution in [3.63, 3.8) is 0 Å². The average molecular weight is 404 g/mol. The summed E-state index contributed by atoms with van der Waals surface area (Å²) in [6.07, 6.45) is -3.05.